The van der Waals surface area contributed by atoms with Crippen molar-refractivity contribution < 1.29 is 4.79 Å². The molecular weight excluding hydrogens is 364 g/mol. The van der Waals surface area contributed by atoms with Crippen LogP contribution in [0.1, 0.15) is 99.3 Å². The number of allylic oxidation sites excluding steroid dienone is 4. The van der Waals surface area contributed by atoms with E-state index in [9.17, 15) is 4.79 Å². The topological polar surface area (TPSA) is 17.1 Å². The quantitative estimate of drug-likeness (QED) is 0.419. The largest absolute Gasteiger partial charge is 0.300 e. The summed E-state index contributed by atoms with van der Waals surface area (Å²) < 4.78 is 0. The van der Waals surface area contributed by atoms with Crippen LogP contribution in [0, 0.1) is 52.3 Å². The van der Waals surface area contributed by atoms with E-state index < -0.39 is 0 Å². The molecule has 4 aliphatic carbocycles. The summed E-state index contributed by atoms with van der Waals surface area (Å²) in [6.45, 7) is 14.7. The molecule has 0 aromatic carbocycles. The molecule has 0 spiro atoms. The smallest absolute Gasteiger partial charge is 0.133 e. The zero-order valence-corrected chi connectivity index (χ0v) is 20.5. The third-order valence-corrected chi connectivity index (χ3v) is 10.6. The summed E-state index contributed by atoms with van der Waals surface area (Å²) in [4.78, 5) is 12.1. The van der Waals surface area contributed by atoms with Crippen molar-refractivity contribution in [3.8, 4) is 0 Å². The fraction of sp³-hybridized carbons (Fsp3) is 0.828. The van der Waals surface area contributed by atoms with Crippen LogP contribution in [0.3, 0.4) is 0 Å². The maximum absolute atomic E-state index is 12.1. The van der Waals surface area contributed by atoms with E-state index in [0.717, 1.165) is 55.3 Å². The highest BCUT2D eigenvalue weighted by Gasteiger charge is 2.58. The minimum Gasteiger partial charge on any atom is -0.300 e. The Kier molecular flexibility index (Phi) is 6.15. The number of rotatable bonds is 5. The number of carbonyl (C=O) groups is 1. The van der Waals surface area contributed by atoms with Gasteiger partial charge in [-0.05, 0) is 97.2 Å². The Balaban J connectivity index is 1.54. The van der Waals surface area contributed by atoms with Gasteiger partial charge < -0.3 is 0 Å². The van der Waals surface area contributed by atoms with Crippen LogP contribution in [-0.2, 0) is 4.79 Å². The van der Waals surface area contributed by atoms with E-state index in [1.807, 2.05) is 5.57 Å². The van der Waals surface area contributed by atoms with Crippen molar-refractivity contribution in [3.05, 3.63) is 23.8 Å². The molecule has 4 rings (SSSR count). The zero-order chi connectivity index (χ0) is 21.7. The fourth-order valence-electron chi connectivity index (χ4n) is 8.49. The summed E-state index contributed by atoms with van der Waals surface area (Å²) in [6, 6.07) is 0. The standard InChI is InChI=1S/C29H46O/c1-7-21(19(2)3)9-8-20(4)25-12-13-26-24-11-10-22-18-23(30)14-16-28(22,5)27(24)15-17-29(25,26)6/h8-9,11,19-22,25-27H,7,10,12-18H2,1-6H3/b9-8+/t20-,21-,22-,25-,26-,27-,28+,29-/m1/s1. The first-order valence-electron chi connectivity index (χ1n) is 13.1. The summed E-state index contributed by atoms with van der Waals surface area (Å²) in [6.07, 6.45) is 18.5. The number of hydrogen-bond acceptors (Lipinski definition) is 1. The molecule has 0 saturated heterocycles. The second kappa shape index (κ2) is 8.25. The summed E-state index contributed by atoms with van der Waals surface area (Å²) in [7, 11) is 0. The van der Waals surface area contributed by atoms with Crippen LogP contribution in [0.25, 0.3) is 0 Å². The van der Waals surface area contributed by atoms with Crippen molar-refractivity contribution in [1.29, 1.82) is 0 Å². The van der Waals surface area contributed by atoms with Gasteiger partial charge in [0.25, 0.3) is 0 Å². The SMILES string of the molecule is CC[C@H](/C=C/[C@@H](C)[C@H]1CC[C@@H]2C3=CC[C@@H]4CC(=O)CC[C@]4(C)[C@@H]3CC[C@@]21C)C(C)C. The highest BCUT2D eigenvalue weighted by molar-refractivity contribution is 5.79. The van der Waals surface area contributed by atoms with Crippen molar-refractivity contribution in [1.82, 2.24) is 0 Å². The second-order valence-electron chi connectivity index (χ2n) is 12.3. The average Bonchev–Trinajstić information content (AvgIpc) is 3.06. The first kappa shape index (κ1) is 22.3. The van der Waals surface area contributed by atoms with Crippen LogP contribution in [0.4, 0.5) is 0 Å². The summed E-state index contributed by atoms with van der Waals surface area (Å²) in [5.41, 5.74) is 2.68. The molecule has 0 amide bonds. The molecule has 30 heavy (non-hydrogen) atoms. The van der Waals surface area contributed by atoms with Crippen molar-refractivity contribution >= 4 is 5.78 Å². The number of carbonyl (C=O) groups excluding carboxylic acids is 1. The predicted molar refractivity (Wildman–Crippen MR) is 127 cm³/mol. The van der Waals surface area contributed by atoms with E-state index in [2.05, 4.69) is 59.8 Å². The highest BCUT2D eigenvalue weighted by Crippen LogP contribution is 2.66. The molecule has 0 aliphatic heterocycles. The van der Waals surface area contributed by atoms with Crippen LogP contribution >= 0.6 is 0 Å². The number of Topliss-reactive ketones (excluding diaryl/α,β-unsaturated/α-hetero) is 1. The molecule has 3 saturated carbocycles. The van der Waals surface area contributed by atoms with Gasteiger partial charge in [-0.25, -0.2) is 0 Å². The minimum absolute atomic E-state index is 0.383. The molecule has 0 aromatic heterocycles. The fourth-order valence-corrected chi connectivity index (χ4v) is 8.49. The van der Waals surface area contributed by atoms with Gasteiger partial charge in [-0.1, -0.05) is 65.3 Å². The molecular formula is C29H46O. The van der Waals surface area contributed by atoms with Gasteiger partial charge in [-0.3, -0.25) is 4.79 Å². The molecule has 4 aliphatic rings. The Bertz CT molecular complexity index is 714. The Hall–Kier alpha value is -0.850. The summed E-state index contributed by atoms with van der Waals surface area (Å²) >= 11 is 0. The van der Waals surface area contributed by atoms with Crippen molar-refractivity contribution in [2.75, 3.05) is 0 Å². The lowest BCUT2D eigenvalue weighted by molar-refractivity contribution is -0.127. The van der Waals surface area contributed by atoms with Crippen molar-refractivity contribution in [3.63, 3.8) is 0 Å². The second-order valence-corrected chi connectivity index (χ2v) is 12.3. The van der Waals surface area contributed by atoms with Gasteiger partial charge in [0.1, 0.15) is 5.78 Å². The van der Waals surface area contributed by atoms with Crippen LogP contribution in [0.2, 0.25) is 0 Å². The van der Waals surface area contributed by atoms with Gasteiger partial charge in [-0.2, -0.15) is 0 Å². The maximum atomic E-state index is 12.1. The van der Waals surface area contributed by atoms with Gasteiger partial charge in [0.05, 0.1) is 0 Å². The Morgan fingerprint density at radius 1 is 1.03 bits per heavy atom. The third kappa shape index (κ3) is 3.57. The predicted octanol–water partition coefficient (Wildman–Crippen LogP) is 8.01. The monoisotopic (exact) mass is 410 g/mol. The first-order valence-corrected chi connectivity index (χ1v) is 13.1. The third-order valence-electron chi connectivity index (χ3n) is 10.6. The molecule has 8 atom stereocenters. The van der Waals surface area contributed by atoms with Crippen molar-refractivity contribution in [2.45, 2.75) is 99.3 Å². The van der Waals surface area contributed by atoms with Gasteiger partial charge >= 0.3 is 0 Å². The zero-order valence-electron chi connectivity index (χ0n) is 20.5. The number of hydrogen-bond donors (Lipinski definition) is 0. The summed E-state index contributed by atoms with van der Waals surface area (Å²) in [5, 5.41) is 0. The maximum Gasteiger partial charge on any atom is 0.133 e. The Morgan fingerprint density at radius 2 is 1.77 bits per heavy atom. The average molecular weight is 411 g/mol. The lowest BCUT2D eigenvalue weighted by Gasteiger charge is -2.57. The Labute approximate surface area is 186 Å². The van der Waals surface area contributed by atoms with Gasteiger partial charge in [0, 0.05) is 12.8 Å². The number of ketones is 1. The van der Waals surface area contributed by atoms with E-state index in [-0.39, 0.29) is 0 Å². The van der Waals surface area contributed by atoms with E-state index >= 15 is 0 Å². The molecule has 3 fully saturated rings. The number of fused-ring (bicyclic) bond motifs is 5. The molecule has 0 heterocycles. The normalized spacial score (nSPS) is 43.2. The molecule has 1 nitrogen and oxygen atoms in total. The van der Waals surface area contributed by atoms with E-state index in [1.54, 1.807) is 0 Å². The molecule has 0 unspecified atom stereocenters. The molecule has 1 heteroatoms. The molecule has 0 radical (unpaired) electrons. The molecule has 168 valence electrons. The molecule has 0 bridgehead atoms. The van der Waals surface area contributed by atoms with Crippen LogP contribution < -0.4 is 0 Å². The lowest BCUT2D eigenvalue weighted by Crippen LogP contribution is -2.49. The van der Waals surface area contributed by atoms with Gasteiger partial charge in [0.15, 0.2) is 0 Å². The highest BCUT2D eigenvalue weighted by atomic mass is 16.1. The van der Waals surface area contributed by atoms with Gasteiger partial charge in [-0.15, -0.1) is 0 Å². The van der Waals surface area contributed by atoms with E-state index in [0.29, 0.717) is 28.4 Å². The summed E-state index contributed by atoms with van der Waals surface area (Å²) in [5.74, 6) is 5.63. The van der Waals surface area contributed by atoms with Gasteiger partial charge in [0.2, 0.25) is 0 Å². The lowest BCUT2D eigenvalue weighted by atomic mass is 9.48. The molecule has 0 aromatic rings. The van der Waals surface area contributed by atoms with Crippen LogP contribution in [0.5, 0.6) is 0 Å². The van der Waals surface area contributed by atoms with Crippen LogP contribution in [-0.4, -0.2) is 5.78 Å². The van der Waals surface area contributed by atoms with Crippen LogP contribution in [0.15, 0.2) is 23.8 Å². The van der Waals surface area contributed by atoms with Crippen molar-refractivity contribution in [2.24, 2.45) is 52.3 Å². The van der Waals surface area contributed by atoms with E-state index in [1.165, 1.54) is 32.1 Å². The minimum atomic E-state index is 0.383. The Morgan fingerprint density at radius 3 is 2.47 bits per heavy atom. The molecule has 0 N–H and O–H groups in total. The van der Waals surface area contributed by atoms with E-state index in [4.69, 9.17) is 0 Å². The first-order chi connectivity index (χ1) is 14.2.